The second-order valence-corrected chi connectivity index (χ2v) is 7.06. The lowest BCUT2D eigenvalue weighted by Crippen LogP contribution is -2.10. The number of benzene rings is 3. The van der Waals surface area contributed by atoms with E-state index in [0.717, 1.165) is 15.6 Å². The third-order valence-electron chi connectivity index (χ3n) is 4.40. The minimum Gasteiger partial charge on any atom is -0.496 e. The quantitative estimate of drug-likeness (QED) is 0.396. The van der Waals surface area contributed by atoms with Crippen molar-refractivity contribution in [2.45, 2.75) is 6.61 Å². The Morgan fingerprint density at radius 1 is 0.964 bits per heavy atom. The van der Waals surface area contributed by atoms with Crippen LogP contribution in [0.1, 0.15) is 5.56 Å². The lowest BCUT2D eigenvalue weighted by Gasteiger charge is -2.13. The molecule has 0 saturated heterocycles. The minimum atomic E-state index is -0.195. The Morgan fingerprint density at radius 2 is 1.71 bits per heavy atom. The molecule has 1 heterocycles. The van der Waals surface area contributed by atoms with Gasteiger partial charge in [-0.25, -0.2) is 0 Å². The van der Waals surface area contributed by atoms with Gasteiger partial charge in [0.25, 0.3) is 0 Å². The lowest BCUT2D eigenvalue weighted by molar-refractivity contribution is 0.298. The van der Waals surface area contributed by atoms with Crippen LogP contribution in [0.15, 0.2) is 86.5 Å². The first kappa shape index (κ1) is 18.3. The number of hydrogen-bond acceptors (Lipinski definition) is 4. The van der Waals surface area contributed by atoms with Gasteiger partial charge in [-0.2, -0.15) is 0 Å². The topological polar surface area (TPSA) is 48.7 Å². The largest absolute Gasteiger partial charge is 0.496 e. The first-order valence-corrected chi connectivity index (χ1v) is 9.53. The van der Waals surface area contributed by atoms with E-state index in [1.54, 1.807) is 19.2 Å². The Morgan fingerprint density at radius 3 is 2.46 bits per heavy atom. The molecular weight excluding hydrogens is 420 g/mol. The van der Waals surface area contributed by atoms with Gasteiger partial charge in [0.2, 0.25) is 11.2 Å². The van der Waals surface area contributed by atoms with Crippen molar-refractivity contribution >= 4 is 26.9 Å². The Balaban J connectivity index is 1.86. The molecule has 0 aliphatic rings. The molecule has 4 nitrogen and oxygen atoms in total. The Kier molecular flexibility index (Phi) is 5.17. The summed E-state index contributed by atoms with van der Waals surface area (Å²) in [6.45, 7) is 0.272. The number of methoxy groups -OCH3 is 1. The molecule has 1 aromatic heterocycles. The fraction of sp³-hybridized carbons (Fsp3) is 0.0870. The van der Waals surface area contributed by atoms with E-state index >= 15 is 0 Å². The van der Waals surface area contributed by atoms with E-state index in [1.807, 2.05) is 60.7 Å². The van der Waals surface area contributed by atoms with Crippen molar-refractivity contribution in [3.8, 4) is 22.8 Å². The van der Waals surface area contributed by atoms with E-state index in [-0.39, 0.29) is 17.8 Å². The number of para-hydroxylation sites is 1. The van der Waals surface area contributed by atoms with Gasteiger partial charge in [0.1, 0.15) is 17.9 Å². The third kappa shape index (κ3) is 3.53. The molecule has 3 aromatic carbocycles. The molecule has 0 amide bonds. The molecule has 0 fully saturated rings. The van der Waals surface area contributed by atoms with Crippen molar-refractivity contribution in [3.05, 3.63) is 93.1 Å². The fourth-order valence-electron chi connectivity index (χ4n) is 2.98. The molecule has 4 rings (SSSR count). The molecule has 0 radical (unpaired) electrons. The highest BCUT2D eigenvalue weighted by atomic mass is 79.9. The van der Waals surface area contributed by atoms with E-state index < -0.39 is 0 Å². The van der Waals surface area contributed by atoms with E-state index in [1.165, 1.54) is 0 Å². The molecular formula is C23H17BrO4. The van der Waals surface area contributed by atoms with Gasteiger partial charge in [0, 0.05) is 5.56 Å². The van der Waals surface area contributed by atoms with Gasteiger partial charge >= 0.3 is 0 Å². The highest BCUT2D eigenvalue weighted by Gasteiger charge is 2.18. The highest BCUT2D eigenvalue weighted by Crippen LogP contribution is 2.35. The molecule has 0 spiro atoms. The Labute approximate surface area is 170 Å². The molecule has 0 atom stereocenters. The molecule has 0 N–H and O–H groups in total. The van der Waals surface area contributed by atoms with Crippen LogP contribution >= 0.6 is 15.9 Å². The van der Waals surface area contributed by atoms with Crippen LogP contribution in [0.3, 0.4) is 0 Å². The predicted molar refractivity (Wildman–Crippen MR) is 113 cm³/mol. The first-order valence-electron chi connectivity index (χ1n) is 8.74. The van der Waals surface area contributed by atoms with E-state index in [4.69, 9.17) is 13.9 Å². The molecule has 0 unspecified atom stereocenters. The van der Waals surface area contributed by atoms with Gasteiger partial charge in [-0.3, -0.25) is 4.79 Å². The lowest BCUT2D eigenvalue weighted by atomic mass is 10.1. The highest BCUT2D eigenvalue weighted by molar-refractivity contribution is 9.10. The van der Waals surface area contributed by atoms with Gasteiger partial charge in [-0.15, -0.1) is 0 Å². The van der Waals surface area contributed by atoms with Crippen LogP contribution < -0.4 is 14.9 Å². The number of rotatable bonds is 5. The van der Waals surface area contributed by atoms with Crippen LogP contribution in [0.25, 0.3) is 22.3 Å². The second kappa shape index (κ2) is 7.90. The van der Waals surface area contributed by atoms with Gasteiger partial charge in [0.15, 0.2) is 5.76 Å². The average molecular weight is 437 g/mol. The summed E-state index contributed by atoms with van der Waals surface area (Å²) in [7, 11) is 1.60. The van der Waals surface area contributed by atoms with Crippen molar-refractivity contribution in [3.63, 3.8) is 0 Å². The van der Waals surface area contributed by atoms with Crippen molar-refractivity contribution in [2.24, 2.45) is 0 Å². The first-order chi connectivity index (χ1) is 13.7. The van der Waals surface area contributed by atoms with Crippen LogP contribution in [-0.2, 0) is 6.61 Å². The minimum absolute atomic E-state index is 0.194. The van der Waals surface area contributed by atoms with Crippen LogP contribution in [0.2, 0.25) is 0 Å². The van der Waals surface area contributed by atoms with Gasteiger partial charge in [-0.1, -0.05) is 42.5 Å². The molecule has 4 aromatic rings. The predicted octanol–water partition coefficient (Wildman–Crippen LogP) is 5.81. The zero-order valence-electron chi connectivity index (χ0n) is 15.1. The van der Waals surface area contributed by atoms with Crippen LogP contribution in [0.4, 0.5) is 0 Å². The second-order valence-electron chi connectivity index (χ2n) is 6.21. The average Bonchev–Trinajstić information content (AvgIpc) is 2.73. The van der Waals surface area contributed by atoms with Gasteiger partial charge in [-0.05, 0) is 51.8 Å². The van der Waals surface area contributed by atoms with Gasteiger partial charge < -0.3 is 13.9 Å². The SMILES string of the molecule is COc1ccc(-c2oc3ccccc3c(=O)c2OCc2ccccc2)cc1Br. The standard InChI is InChI=1S/C23H17BrO4/c1-26-20-12-11-16(13-18(20)24)22-23(27-14-15-7-3-2-4-8-15)21(25)17-9-5-6-10-19(17)28-22/h2-13H,14H2,1H3. The van der Waals surface area contributed by atoms with Gasteiger partial charge in [0.05, 0.1) is 17.0 Å². The summed E-state index contributed by atoms with van der Waals surface area (Å²) >= 11 is 3.49. The summed E-state index contributed by atoms with van der Waals surface area (Å²) in [6, 6.07) is 22.4. The Hall–Kier alpha value is -3.05. The van der Waals surface area contributed by atoms with Crippen LogP contribution in [-0.4, -0.2) is 7.11 Å². The van der Waals surface area contributed by atoms with Crippen LogP contribution in [0, 0.1) is 0 Å². The maximum atomic E-state index is 13.1. The summed E-state index contributed by atoms with van der Waals surface area (Å²) < 4.78 is 18.1. The summed E-state index contributed by atoms with van der Waals surface area (Å²) in [5.74, 6) is 1.28. The van der Waals surface area contributed by atoms with Crippen molar-refractivity contribution in [1.29, 1.82) is 0 Å². The summed E-state index contributed by atoms with van der Waals surface area (Å²) in [4.78, 5) is 13.1. The van der Waals surface area contributed by atoms with Crippen molar-refractivity contribution in [1.82, 2.24) is 0 Å². The number of hydrogen-bond donors (Lipinski definition) is 0. The monoisotopic (exact) mass is 436 g/mol. The van der Waals surface area contributed by atoms with E-state index in [2.05, 4.69) is 15.9 Å². The van der Waals surface area contributed by atoms with Crippen molar-refractivity contribution < 1.29 is 13.9 Å². The summed E-state index contributed by atoms with van der Waals surface area (Å²) in [5.41, 5.74) is 2.01. The normalized spacial score (nSPS) is 10.8. The maximum Gasteiger partial charge on any atom is 0.235 e. The molecule has 0 aliphatic carbocycles. The van der Waals surface area contributed by atoms with Crippen molar-refractivity contribution in [2.75, 3.05) is 7.11 Å². The smallest absolute Gasteiger partial charge is 0.235 e. The number of ether oxygens (including phenoxy) is 2. The zero-order chi connectivity index (χ0) is 19.5. The summed E-state index contributed by atoms with van der Waals surface area (Å²) in [6.07, 6.45) is 0. The summed E-state index contributed by atoms with van der Waals surface area (Å²) in [5, 5.41) is 0.488. The molecule has 0 saturated carbocycles. The Bertz CT molecular complexity index is 1180. The molecule has 5 heteroatoms. The van der Waals surface area contributed by atoms with E-state index in [0.29, 0.717) is 22.5 Å². The fourth-order valence-corrected chi connectivity index (χ4v) is 3.52. The van der Waals surface area contributed by atoms with Crippen LogP contribution in [0.5, 0.6) is 11.5 Å². The number of halogens is 1. The molecule has 140 valence electrons. The van der Waals surface area contributed by atoms with E-state index in [9.17, 15) is 4.79 Å². The molecule has 0 bridgehead atoms. The third-order valence-corrected chi connectivity index (χ3v) is 5.02. The zero-order valence-corrected chi connectivity index (χ0v) is 16.7. The molecule has 0 aliphatic heterocycles. The molecule has 28 heavy (non-hydrogen) atoms. The maximum absolute atomic E-state index is 13.1. The number of fused-ring (bicyclic) bond motifs is 1.